The average Bonchev–Trinajstić information content (AvgIpc) is 2.37. The molecule has 0 unspecified atom stereocenters. The number of halogens is 2. The van der Waals surface area contributed by atoms with E-state index < -0.39 is 11.9 Å². The zero-order valence-electron chi connectivity index (χ0n) is 11.0. The molecule has 0 bridgehead atoms. The minimum Gasteiger partial charge on any atom is -0.422 e. The van der Waals surface area contributed by atoms with E-state index in [4.69, 9.17) is 9.47 Å². The van der Waals surface area contributed by atoms with Crippen molar-refractivity contribution in [2.75, 3.05) is 0 Å². The standard InChI is InChI=1S/C14H12Br2O4/c1-7(2)13(17)19-10-6-5-9(15)12(11(10)16)20-14(18)8(3)4/h5-6H,1,3H2,2,4H3. The van der Waals surface area contributed by atoms with E-state index in [1.54, 1.807) is 12.1 Å². The SMILES string of the molecule is C=C(C)C(=O)Oc1ccc(Br)c(OC(=O)C(=C)C)c1Br. The fourth-order valence-corrected chi connectivity index (χ4v) is 2.24. The number of hydrogen-bond donors (Lipinski definition) is 0. The monoisotopic (exact) mass is 402 g/mol. The van der Waals surface area contributed by atoms with Crippen LogP contribution in [0.2, 0.25) is 0 Å². The van der Waals surface area contributed by atoms with E-state index in [0.29, 0.717) is 8.95 Å². The highest BCUT2D eigenvalue weighted by Crippen LogP contribution is 2.40. The second-order valence-corrected chi connectivity index (χ2v) is 5.68. The van der Waals surface area contributed by atoms with Crippen LogP contribution in [0.15, 0.2) is 45.4 Å². The third kappa shape index (κ3) is 4.05. The lowest BCUT2D eigenvalue weighted by Crippen LogP contribution is -2.11. The molecule has 0 atom stereocenters. The highest BCUT2D eigenvalue weighted by Gasteiger charge is 2.18. The summed E-state index contributed by atoms with van der Waals surface area (Å²) >= 11 is 6.50. The van der Waals surface area contributed by atoms with Crippen molar-refractivity contribution in [3.8, 4) is 11.5 Å². The van der Waals surface area contributed by atoms with Gasteiger partial charge >= 0.3 is 11.9 Å². The first-order valence-corrected chi connectivity index (χ1v) is 7.06. The van der Waals surface area contributed by atoms with Gasteiger partial charge in [-0.05, 0) is 57.8 Å². The fourth-order valence-electron chi connectivity index (χ4n) is 1.05. The molecule has 0 spiro atoms. The van der Waals surface area contributed by atoms with Gasteiger partial charge < -0.3 is 9.47 Å². The first-order valence-electron chi connectivity index (χ1n) is 5.47. The summed E-state index contributed by atoms with van der Waals surface area (Å²) in [6.07, 6.45) is 0. The Morgan fingerprint density at radius 1 is 1.00 bits per heavy atom. The topological polar surface area (TPSA) is 52.6 Å². The second kappa shape index (κ2) is 6.85. The lowest BCUT2D eigenvalue weighted by atomic mass is 10.3. The molecule has 1 aromatic carbocycles. The summed E-state index contributed by atoms with van der Waals surface area (Å²) in [5.74, 6) is -0.698. The Bertz CT molecular complexity index is 605. The summed E-state index contributed by atoms with van der Waals surface area (Å²) in [4.78, 5) is 23.1. The van der Waals surface area contributed by atoms with Gasteiger partial charge in [0.1, 0.15) is 10.2 Å². The first kappa shape index (κ1) is 16.7. The zero-order chi connectivity index (χ0) is 15.4. The molecular formula is C14H12Br2O4. The van der Waals surface area contributed by atoms with Crippen LogP contribution in [-0.4, -0.2) is 11.9 Å². The molecule has 0 saturated heterocycles. The molecule has 0 heterocycles. The fraction of sp³-hybridized carbons (Fsp3) is 0.143. The van der Waals surface area contributed by atoms with E-state index in [2.05, 4.69) is 45.0 Å². The molecule has 0 aliphatic heterocycles. The van der Waals surface area contributed by atoms with E-state index in [1.807, 2.05) is 0 Å². The Hall–Kier alpha value is -1.40. The van der Waals surface area contributed by atoms with Crippen LogP contribution in [0, 0.1) is 0 Å². The van der Waals surface area contributed by atoms with E-state index >= 15 is 0 Å². The Morgan fingerprint density at radius 2 is 1.50 bits per heavy atom. The van der Waals surface area contributed by atoms with Crippen LogP contribution in [0.4, 0.5) is 0 Å². The summed E-state index contributed by atoms with van der Waals surface area (Å²) in [5, 5.41) is 0. The molecule has 0 saturated carbocycles. The third-order valence-corrected chi connectivity index (χ3v) is 3.48. The van der Waals surface area contributed by atoms with Crippen LogP contribution in [0.3, 0.4) is 0 Å². The Morgan fingerprint density at radius 3 is 2.00 bits per heavy atom. The molecule has 106 valence electrons. The minimum atomic E-state index is -0.574. The maximum atomic E-state index is 11.6. The minimum absolute atomic E-state index is 0.213. The highest BCUT2D eigenvalue weighted by atomic mass is 79.9. The number of carbonyl (C=O) groups is 2. The van der Waals surface area contributed by atoms with Gasteiger partial charge in [0.25, 0.3) is 0 Å². The lowest BCUT2D eigenvalue weighted by Gasteiger charge is -2.12. The van der Waals surface area contributed by atoms with Crippen LogP contribution in [0.25, 0.3) is 0 Å². The van der Waals surface area contributed by atoms with Gasteiger partial charge in [-0.2, -0.15) is 0 Å². The number of rotatable bonds is 4. The molecule has 0 aliphatic carbocycles. The van der Waals surface area contributed by atoms with Gasteiger partial charge in [0, 0.05) is 11.1 Å². The van der Waals surface area contributed by atoms with Gasteiger partial charge in [-0.15, -0.1) is 0 Å². The van der Waals surface area contributed by atoms with Crippen LogP contribution < -0.4 is 9.47 Å². The zero-order valence-corrected chi connectivity index (χ0v) is 14.1. The summed E-state index contributed by atoms with van der Waals surface area (Å²) in [6.45, 7) is 10.1. The quantitative estimate of drug-likeness (QED) is 0.430. The Balaban J connectivity index is 3.13. The van der Waals surface area contributed by atoms with Crippen molar-refractivity contribution in [3.05, 3.63) is 45.4 Å². The van der Waals surface area contributed by atoms with Crippen molar-refractivity contribution in [1.82, 2.24) is 0 Å². The summed E-state index contributed by atoms with van der Waals surface area (Å²) in [7, 11) is 0. The van der Waals surface area contributed by atoms with Gasteiger partial charge in [0.05, 0.1) is 4.47 Å². The molecule has 0 amide bonds. The van der Waals surface area contributed by atoms with Crippen molar-refractivity contribution < 1.29 is 19.1 Å². The van der Waals surface area contributed by atoms with Crippen LogP contribution in [0.1, 0.15) is 13.8 Å². The summed E-state index contributed by atoms with van der Waals surface area (Å²) in [5.41, 5.74) is 0.522. The number of esters is 2. The smallest absolute Gasteiger partial charge is 0.338 e. The van der Waals surface area contributed by atoms with Gasteiger partial charge in [-0.3, -0.25) is 0 Å². The van der Waals surface area contributed by atoms with E-state index in [9.17, 15) is 9.59 Å². The molecule has 0 N–H and O–H groups in total. The number of ether oxygens (including phenoxy) is 2. The average molecular weight is 404 g/mol. The van der Waals surface area contributed by atoms with Gasteiger partial charge in [0.2, 0.25) is 0 Å². The van der Waals surface area contributed by atoms with Crippen molar-refractivity contribution in [2.45, 2.75) is 13.8 Å². The Kier molecular flexibility index (Phi) is 5.71. The normalized spacial score (nSPS) is 9.80. The summed E-state index contributed by atoms with van der Waals surface area (Å²) in [6, 6.07) is 3.17. The molecule has 1 aromatic rings. The molecule has 0 aromatic heterocycles. The molecule has 20 heavy (non-hydrogen) atoms. The maximum absolute atomic E-state index is 11.6. The Labute approximate surface area is 133 Å². The summed E-state index contributed by atoms with van der Waals surface area (Å²) < 4.78 is 11.2. The van der Waals surface area contributed by atoms with E-state index in [-0.39, 0.29) is 22.6 Å². The first-order chi connectivity index (χ1) is 9.23. The third-order valence-electron chi connectivity index (χ3n) is 2.11. The van der Waals surface area contributed by atoms with Crippen LogP contribution >= 0.6 is 31.9 Å². The van der Waals surface area contributed by atoms with Crippen molar-refractivity contribution in [2.24, 2.45) is 0 Å². The van der Waals surface area contributed by atoms with Crippen molar-refractivity contribution in [3.63, 3.8) is 0 Å². The molecule has 6 heteroatoms. The molecule has 1 rings (SSSR count). The van der Waals surface area contributed by atoms with Crippen LogP contribution in [-0.2, 0) is 9.59 Å². The largest absolute Gasteiger partial charge is 0.422 e. The molecule has 0 radical (unpaired) electrons. The van der Waals surface area contributed by atoms with E-state index in [0.717, 1.165) is 0 Å². The molecule has 4 nitrogen and oxygen atoms in total. The molecule has 0 aliphatic rings. The maximum Gasteiger partial charge on any atom is 0.338 e. The number of benzene rings is 1. The van der Waals surface area contributed by atoms with Crippen LogP contribution in [0.5, 0.6) is 11.5 Å². The van der Waals surface area contributed by atoms with E-state index in [1.165, 1.54) is 13.8 Å². The van der Waals surface area contributed by atoms with Gasteiger partial charge in [-0.1, -0.05) is 13.2 Å². The second-order valence-electron chi connectivity index (χ2n) is 4.03. The van der Waals surface area contributed by atoms with Gasteiger partial charge in [-0.25, -0.2) is 9.59 Å². The number of hydrogen-bond acceptors (Lipinski definition) is 4. The molecule has 0 fully saturated rings. The van der Waals surface area contributed by atoms with Crippen molar-refractivity contribution >= 4 is 43.8 Å². The number of carbonyl (C=O) groups excluding carboxylic acids is 2. The highest BCUT2D eigenvalue weighted by molar-refractivity contribution is 9.11. The van der Waals surface area contributed by atoms with Crippen molar-refractivity contribution in [1.29, 1.82) is 0 Å². The predicted molar refractivity (Wildman–Crippen MR) is 82.7 cm³/mol. The molecular weight excluding hydrogens is 392 g/mol. The van der Waals surface area contributed by atoms with Gasteiger partial charge in [0.15, 0.2) is 5.75 Å². The predicted octanol–water partition coefficient (Wildman–Crippen LogP) is 4.17. The lowest BCUT2D eigenvalue weighted by molar-refractivity contribution is -0.130.